The molecule has 150 valence electrons. The lowest BCUT2D eigenvalue weighted by molar-refractivity contribution is -0.138. The zero-order valence-electron chi connectivity index (χ0n) is 17.0. The average Bonchev–Trinajstić information content (AvgIpc) is 2.72. The number of nitrogens with zero attached hydrogens (tertiary/aromatic N) is 3. The minimum Gasteiger partial charge on any atom is -0.372 e. The van der Waals surface area contributed by atoms with Gasteiger partial charge >= 0.3 is 0 Å². The molecule has 5 heteroatoms. The van der Waals surface area contributed by atoms with Crippen LogP contribution in [0.4, 0.5) is 0 Å². The van der Waals surface area contributed by atoms with Crippen LogP contribution in [0, 0.1) is 11.3 Å². The molecule has 5 nitrogen and oxygen atoms in total. The molecule has 1 fully saturated rings. The quantitative estimate of drug-likeness (QED) is 0.558. The Kier molecular flexibility index (Phi) is 7.04. The second-order valence-corrected chi connectivity index (χ2v) is 7.50. The maximum absolute atomic E-state index is 13.0. The van der Waals surface area contributed by atoms with Crippen molar-refractivity contribution >= 4 is 5.91 Å². The van der Waals surface area contributed by atoms with Crippen molar-refractivity contribution in [3.05, 3.63) is 83.6 Å². The Balaban J connectivity index is 1.83. The number of hydrogen-bond acceptors (Lipinski definition) is 4. The summed E-state index contributed by atoms with van der Waals surface area (Å²) in [4.78, 5) is 16.8. The molecule has 29 heavy (non-hydrogen) atoms. The molecule has 3 rings (SSSR count). The Morgan fingerprint density at radius 2 is 1.52 bits per heavy atom. The molecule has 1 aliphatic rings. The summed E-state index contributed by atoms with van der Waals surface area (Å²) in [6.45, 7) is 6.12. The first-order chi connectivity index (χ1) is 14.0. The topological polar surface area (TPSA) is 56.6 Å². The largest absolute Gasteiger partial charge is 0.372 e. The van der Waals surface area contributed by atoms with Crippen LogP contribution < -0.4 is 0 Å². The molecule has 0 spiro atoms. The van der Waals surface area contributed by atoms with Gasteiger partial charge in [-0.25, -0.2) is 0 Å². The Hall–Kier alpha value is -3.10. The van der Waals surface area contributed by atoms with E-state index in [-0.39, 0.29) is 23.7 Å². The first kappa shape index (κ1) is 20.6. The summed E-state index contributed by atoms with van der Waals surface area (Å²) < 4.78 is 5.71. The van der Waals surface area contributed by atoms with Crippen molar-refractivity contribution in [3.63, 3.8) is 0 Å². The van der Waals surface area contributed by atoms with Crippen LogP contribution in [-0.4, -0.2) is 41.0 Å². The van der Waals surface area contributed by atoms with E-state index in [1.807, 2.05) is 79.4 Å². The highest BCUT2D eigenvalue weighted by Gasteiger charge is 2.28. The third kappa shape index (κ3) is 5.94. The van der Waals surface area contributed by atoms with Crippen LogP contribution in [0.1, 0.15) is 25.0 Å². The van der Waals surface area contributed by atoms with E-state index in [0.29, 0.717) is 26.2 Å². The molecule has 0 bridgehead atoms. The van der Waals surface area contributed by atoms with E-state index < -0.39 is 0 Å². The van der Waals surface area contributed by atoms with Crippen LogP contribution >= 0.6 is 0 Å². The average molecular weight is 389 g/mol. The van der Waals surface area contributed by atoms with Gasteiger partial charge < -0.3 is 14.5 Å². The van der Waals surface area contributed by atoms with Crippen LogP contribution in [0.15, 0.2) is 72.4 Å². The zero-order valence-corrected chi connectivity index (χ0v) is 17.0. The van der Waals surface area contributed by atoms with E-state index in [0.717, 1.165) is 11.1 Å². The lowest BCUT2D eigenvalue weighted by atomic mass is 10.1. The number of benzene rings is 2. The van der Waals surface area contributed by atoms with Crippen LogP contribution in [0.3, 0.4) is 0 Å². The predicted molar refractivity (Wildman–Crippen MR) is 112 cm³/mol. The van der Waals surface area contributed by atoms with Crippen molar-refractivity contribution in [1.29, 1.82) is 5.26 Å². The standard InChI is InChI=1S/C24H27N3O2/c1-19-14-27(15-20(2)29-19)24(28)23(13-25)18-26(16-21-9-5-3-6-10-21)17-22-11-7-4-8-12-22/h3-12,18-20H,14-17H2,1-2H3/b23-18-. The van der Waals surface area contributed by atoms with Crippen LogP contribution in [-0.2, 0) is 22.6 Å². The van der Waals surface area contributed by atoms with E-state index in [4.69, 9.17) is 4.74 Å². The molecular weight excluding hydrogens is 362 g/mol. The fraction of sp³-hybridized carbons (Fsp3) is 0.333. The molecule has 0 radical (unpaired) electrons. The van der Waals surface area contributed by atoms with Gasteiger partial charge in [-0.3, -0.25) is 4.79 Å². The van der Waals surface area contributed by atoms with Gasteiger partial charge in [0.1, 0.15) is 11.6 Å². The van der Waals surface area contributed by atoms with Crippen molar-refractivity contribution in [2.45, 2.75) is 39.1 Å². The van der Waals surface area contributed by atoms with Gasteiger partial charge in [0.05, 0.1) is 12.2 Å². The summed E-state index contributed by atoms with van der Waals surface area (Å²) in [5.41, 5.74) is 2.40. The zero-order chi connectivity index (χ0) is 20.6. The molecule has 0 aliphatic carbocycles. The van der Waals surface area contributed by atoms with Gasteiger partial charge in [-0.05, 0) is 25.0 Å². The Labute approximate surface area is 172 Å². The maximum atomic E-state index is 13.0. The van der Waals surface area contributed by atoms with E-state index >= 15 is 0 Å². The summed E-state index contributed by atoms with van der Waals surface area (Å²) in [6.07, 6.45) is 1.63. The second-order valence-electron chi connectivity index (χ2n) is 7.50. The van der Waals surface area contributed by atoms with Gasteiger partial charge in [-0.1, -0.05) is 60.7 Å². The smallest absolute Gasteiger partial charge is 0.266 e. The molecule has 2 aromatic rings. The minimum atomic E-state index is -0.236. The lowest BCUT2D eigenvalue weighted by Crippen LogP contribution is -2.48. The second kappa shape index (κ2) is 9.90. The summed E-state index contributed by atoms with van der Waals surface area (Å²) in [5, 5.41) is 9.72. The predicted octanol–water partition coefficient (Wildman–Crippen LogP) is 3.73. The molecule has 2 aromatic carbocycles. The summed E-state index contributed by atoms with van der Waals surface area (Å²) in [7, 11) is 0. The Bertz CT molecular complexity index is 823. The molecular formula is C24H27N3O2. The van der Waals surface area contributed by atoms with Crippen LogP contribution in [0.25, 0.3) is 0 Å². The molecule has 2 atom stereocenters. The fourth-order valence-corrected chi connectivity index (χ4v) is 3.61. The molecule has 1 heterocycles. The molecule has 0 saturated carbocycles. The number of nitriles is 1. The van der Waals surface area contributed by atoms with Crippen molar-refractivity contribution in [3.8, 4) is 6.07 Å². The van der Waals surface area contributed by atoms with Gasteiger partial charge in [-0.2, -0.15) is 5.26 Å². The van der Waals surface area contributed by atoms with Gasteiger partial charge in [0.15, 0.2) is 0 Å². The SMILES string of the molecule is CC1CN(C(=O)/C(C#N)=C\N(Cc2ccccc2)Cc2ccccc2)CC(C)O1. The molecule has 2 unspecified atom stereocenters. The Morgan fingerprint density at radius 1 is 1.03 bits per heavy atom. The number of carbonyl (C=O) groups excluding carboxylic acids is 1. The number of rotatable bonds is 6. The van der Waals surface area contributed by atoms with Crippen LogP contribution in [0.5, 0.6) is 0 Å². The normalized spacial score (nSPS) is 19.5. The summed E-state index contributed by atoms with van der Waals surface area (Å²) in [5.74, 6) is -0.236. The highest BCUT2D eigenvalue weighted by Crippen LogP contribution is 2.16. The maximum Gasteiger partial charge on any atom is 0.266 e. The number of amides is 1. The Morgan fingerprint density at radius 3 is 1.97 bits per heavy atom. The number of carbonyl (C=O) groups is 1. The molecule has 0 N–H and O–H groups in total. The van der Waals surface area contributed by atoms with Crippen molar-refractivity contribution in [2.24, 2.45) is 0 Å². The third-order valence-corrected chi connectivity index (χ3v) is 4.83. The van der Waals surface area contributed by atoms with Crippen molar-refractivity contribution < 1.29 is 9.53 Å². The fourth-order valence-electron chi connectivity index (χ4n) is 3.61. The third-order valence-electron chi connectivity index (χ3n) is 4.83. The van der Waals surface area contributed by atoms with E-state index in [9.17, 15) is 10.1 Å². The van der Waals surface area contributed by atoms with Crippen molar-refractivity contribution in [1.82, 2.24) is 9.80 Å². The monoisotopic (exact) mass is 389 g/mol. The van der Waals surface area contributed by atoms with Crippen molar-refractivity contribution in [2.75, 3.05) is 13.1 Å². The van der Waals surface area contributed by atoms with Crippen LogP contribution in [0.2, 0.25) is 0 Å². The number of hydrogen-bond donors (Lipinski definition) is 0. The molecule has 1 saturated heterocycles. The first-order valence-electron chi connectivity index (χ1n) is 9.93. The van der Waals surface area contributed by atoms with Gasteiger partial charge in [0.2, 0.25) is 0 Å². The number of morpholine rings is 1. The molecule has 1 aliphatic heterocycles. The van der Waals surface area contributed by atoms with E-state index in [1.54, 1.807) is 11.1 Å². The first-order valence-corrected chi connectivity index (χ1v) is 9.93. The number of ether oxygens (including phenoxy) is 1. The minimum absolute atomic E-state index is 0.0348. The highest BCUT2D eigenvalue weighted by atomic mass is 16.5. The van der Waals surface area contributed by atoms with Gasteiger partial charge in [-0.15, -0.1) is 0 Å². The van der Waals surface area contributed by atoms with Gasteiger partial charge in [0, 0.05) is 32.4 Å². The summed E-state index contributed by atoms with van der Waals surface area (Å²) in [6, 6.07) is 22.2. The van der Waals surface area contributed by atoms with Gasteiger partial charge in [0.25, 0.3) is 5.91 Å². The van der Waals surface area contributed by atoms with E-state index in [1.165, 1.54) is 0 Å². The highest BCUT2D eigenvalue weighted by molar-refractivity contribution is 5.97. The van der Waals surface area contributed by atoms with E-state index in [2.05, 4.69) is 6.07 Å². The molecule has 0 aromatic heterocycles. The lowest BCUT2D eigenvalue weighted by Gasteiger charge is -2.35. The molecule has 1 amide bonds. The summed E-state index contributed by atoms with van der Waals surface area (Å²) >= 11 is 0.